The van der Waals surface area contributed by atoms with Crippen LogP contribution in [0.5, 0.6) is 0 Å². The summed E-state index contributed by atoms with van der Waals surface area (Å²) in [5, 5.41) is 0.706. The fraction of sp³-hybridized carbons (Fsp3) is 0.261. The number of pyridine rings is 1. The zero-order valence-corrected chi connectivity index (χ0v) is 16.7. The lowest BCUT2D eigenvalue weighted by Crippen LogP contribution is -2.13. The van der Waals surface area contributed by atoms with Crippen LogP contribution < -0.4 is 4.90 Å². The van der Waals surface area contributed by atoms with Gasteiger partial charge in [-0.25, -0.2) is 0 Å². The van der Waals surface area contributed by atoms with Gasteiger partial charge in [0, 0.05) is 53.7 Å². The molecule has 1 radical (unpaired) electrons. The van der Waals surface area contributed by atoms with E-state index in [1.54, 1.807) is 0 Å². The quantitative estimate of drug-likeness (QED) is 0.548. The molecule has 26 heavy (non-hydrogen) atoms. The average Bonchev–Trinajstić information content (AvgIpc) is 2.61. The maximum atomic E-state index is 6.46. The molecule has 1 aromatic heterocycles. The standard InChI is InChI=1S/C23H24ClN2/c1-23(2,3)22-14-17(11-12-25-22)16-7-6-8-18(13-16)20-15-19(26(4)5)9-10-21(20)24/h6-8,10-15H,1-5H3. The Kier molecular flexibility index (Phi) is 5.06. The first-order chi connectivity index (χ1) is 12.3. The van der Waals surface area contributed by atoms with Gasteiger partial charge in [-0.2, -0.15) is 0 Å². The summed E-state index contributed by atoms with van der Waals surface area (Å²) >= 11 is 6.46. The molecule has 0 amide bonds. The van der Waals surface area contributed by atoms with Crippen molar-refractivity contribution < 1.29 is 0 Å². The molecule has 0 spiro atoms. The van der Waals surface area contributed by atoms with Crippen LogP contribution in [0.4, 0.5) is 5.69 Å². The Morgan fingerprint density at radius 3 is 2.35 bits per heavy atom. The predicted octanol–water partition coefficient (Wildman–Crippen LogP) is 6.23. The van der Waals surface area contributed by atoms with Crippen molar-refractivity contribution in [3.63, 3.8) is 0 Å². The zero-order chi connectivity index (χ0) is 18.9. The molecule has 0 aliphatic heterocycles. The highest BCUT2D eigenvalue weighted by Gasteiger charge is 2.16. The summed E-state index contributed by atoms with van der Waals surface area (Å²) in [5.74, 6) is 0. The average molecular weight is 364 g/mol. The summed E-state index contributed by atoms with van der Waals surface area (Å²) in [6.07, 6.45) is 1.89. The molecule has 0 saturated carbocycles. The van der Waals surface area contributed by atoms with E-state index in [9.17, 15) is 0 Å². The molecule has 2 nitrogen and oxygen atoms in total. The van der Waals surface area contributed by atoms with Gasteiger partial charge in [-0.3, -0.25) is 4.98 Å². The number of benzene rings is 2. The van der Waals surface area contributed by atoms with Gasteiger partial charge >= 0.3 is 0 Å². The third-order valence-electron chi connectivity index (χ3n) is 4.40. The van der Waals surface area contributed by atoms with E-state index in [-0.39, 0.29) is 5.41 Å². The maximum absolute atomic E-state index is 6.46. The number of aromatic nitrogens is 1. The number of hydrogen-bond acceptors (Lipinski definition) is 2. The van der Waals surface area contributed by atoms with Crippen LogP contribution in [0.25, 0.3) is 22.3 Å². The lowest BCUT2D eigenvalue weighted by molar-refractivity contribution is 0.569. The second-order valence-electron chi connectivity index (χ2n) is 7.73. The van der Waals surface area contributed by atoms with Crippen LogP contribution in [0.3, 0.4) is 0 Å². The van der Waals surface area contributed by atoms with Crippen molar-refractivity contribution in [1.82, 2.24) is 4.98 Å². The second-order valence-corrected chi connectivity index (χ2v) is 8.14. The molecule has 0 aliphatic rings. The lowest BCUT2D eigenvalue weighted by Gasteiger charge is -2.18. The van der Waals surface area contributed by atoms with Crippen molar-refractivity contribution in [3.05, 3.63) is 71.5 Å². The SMILES string of the molecule is CN(C)c1[c]cc(Cl)c(-c2cccc(-c3ccnc(C(C)(C)C)c3)c2)c1. The number of hydrogen-bond donors (Lipinski definition) is 0. The summed E-state index contributed by atoms with van der Waals surface area (Å²) in [7, 11) is 4.01. The van der Waals surface area contributed by atoms with Crippen molar-refractivity contribution in [2.45, 2.75) is 26.2 Å². The van der Waals surface area contributed by atoms with Gasteiger partial charge < -0.3 is 4.90 Å². The molecule has 0 N–H and O–H groups in total. The highest BCUT2D eigenvalue weighted by Crippen LogP contribution is 2.34. The molecule has 0 unspecified atom stereocenters. The molecule has 1 heterocycles. The summed E-state index contributed by atoms with van der Waals surface area (Å²) in [5.41, 5.74) is 6.55. The van der Waals surface area contributed by atoms with Crippen LogP contribution >= 0.6 is 11.6 Å². The molecule has 2 aromatic carbocycles. The molecule has 3 rings (SSSR count). The highest BCUT2D eigenvalue weighted by atomic mass is 35.5. The number of rotatable bonds is 3. The van der Waals surface area contributed by atoms with E-state index in [0.717, 1.165) is 28.1 Å². The minimum atomic E-state index is 0.0206. The van der Waals surface area contributed by atoms with Crippen LogP contribution in [0.15, 0.2) is 54.7 Å². The molecule has 133 valence electrons. The minimum absolute atomic E-state index is 0.0206. The van der Waals surface area contributed by atoms with E-state index < -0.39 is 0 Å². The first-order valence-corrected chi connectivity index (χ1v) is 9.09. The Hall–Kier alpha value is -2.32. The van der Waals surface area contributed by atoms with Crippen LogP contribution in [-0.2, 0) is 5.41 Å². The Bertz CT molecular complexity index is 923. The van der Waals surface area contributed by atoms with Gasteiger partial charge in [0.25, 0.3) is 0 Å². The Balaban J connectivity index is 2.06. The smallest absolute Gasteiger partial charge is 0.0492 e. The molecule has 0 bridgehead atoms. The highest BCUT2D eigenvalue weighted by molar-refractivity contribution is 6.33. The van der Waals surface area contributed by atoms with E-state index in [2.05, 4.69) is 74.3 Å². The van der Waals surface area contributed by atoms with Crippen LogP contribution in [-0.4, -0.2) is 19.1 Å². The van der Waals surface area contributed by atoms with Gasteiger partial charge in [0.1, 0.15) is 0 Å². The molecular weight excluding hydrogens is 340 g/mol. The Labute approximate surface area is 161 Å². The summed E-state index contributed by atoms with van der Waals surface area (Å²) in [6, 6.07) is 19.8. The third-order valence-corrected chi connectivity index (χ3v) is 4.71. The van der Waals surface area contributed by atoms with E-state index in [1.165, 1.54) is 5.56 Å². The largest absolute Gasteiger partial charge is 0.377 e. The molecule has 0 aliphatic carbocycles. The normalized spacial score (nSPS) is 11.5. The number of halogens is 1. The first kappa shape index (κ1) is 18.5. The predicted molar refractivity (Wildman–Crippen MR) is 112 cm³/mol. The zero-order valence-electron chi connectivity index (χ0n) is 16.0. The molecule has 3 aromatic rings. The van der Waals surface area contributed by atoms with Crippen molar-refractivity contribution in [2.75, 3.05) is 19.0 Å². The van der Waals surface area contributed by atoms with E-state index >= 15 is 0 Å². The second kappa shape index (κ2) is 7.13. The van der Waals surface area contributed by atoms with Gasteiger partial charge in [0.15, 0.2) is 0 Å². The maximum Gasteiger partial charge on any atom is 0.0492 e. The van der Waals surface area contributed by atoms with Crippen LogP contribution in [0.2, 0.25) is 5.02 Å². The van der Waals surface area contributed by atoms with Gasteiger partial charge in [-0.05, 0) is 47.0 Å². The molecule has 0 saturated heterocycles. The fourth-order valence-corrected chi connectivity index (χ4v) is 3.05. The molecular formula is C23H24ClN2. The Morgan fingerprint density at radius 2 is 1.65 bits per heavy atom. The summed E-state index contributed by atoms with van der Waals surface area (Å²) in [6.45, 7) is 6.54. The van der Waals surface area contributed by atoms with Crippen molar-refractivity contribution in [1.29, 1.82) is 0 Å². The fourth-order valence-electron chi connectivity index (χ4n) is 2.83. The minimum Gasteiger partial charge on any atom is -0.377 e. The summed E-state index contributed by atoms with van der Waals surface area (Å²) in [4.78, 5) is 6.56. The van der Waals surface area contributed by atoms with Gasteiger partial charge in [-0.1, -0.05) is 50.6 Å². The van der Waals surface area contributed by atoms with Crippen molar-refractivity contribution >= 4 is 17.3 Å². The monoisotopic (exact) mass is 363 g/mol. The van der Waals surface area contributed by atoms with Crippen LogP contribution in [0.1, 0.15) is 26.5 Å². The lowest BCUT2D eigenvalue weighted by atomic mass is 9.89. The van der Waals surface area contributed by atoms with Crippen LogP contribution in [0, 0.1) is 6.07 Å². The molecule has 0 fully saturated rings. The van der Waals surface area contributed by atoms with Crippen molar-refractivity contribution in [3.8, 4) is 22.3 Å². The molecule has 0 atom stereocenters. The van der Waals surface area contributed by atoms with E-state index in [1.807, 2.05) is 31.3 Å². The number of nitrogens with zero attached hydrogens (tertiary/aromatic N) is 2. The van der Waals surface area contributed by atoms with Gasteiger partial charge in [0.2, 0.25) is 0 Å². The number of anilines is 1. The van der Waals surface area contributed by atoms with Gasteiger partial charge in [-0.15, -0.1) is 0 Å². The van der Waals surface area contributed by atoms with E-state index in [4.69, 9.17) is 11.6 Å². The topological polar surface area (TPSA) is 16.1 Å². The van der Waals surface area contributed by atoms with Gasteiger partial charge in [0.05, 0.1) is 0 Å². The molecule has 3 heteroatoms. The first-order valence-electron chi connectivity index (χ1n) is 8.71. The van der Waals surface area contributed by atoms with Crippen molar-refractivity contribution in [2.24, 2.45) is 0 Å². The third kappa shape index (κ3) is 3.91. The Morgan fingerprint density at radius 1 is 0.962 bits per heavy atom. The summed E-state index contributed by atoms with van der Waals surface area (Å²) < 4.78 is 0. The van der Waals surface area contributed by atoms with E-state index in [0.29, 0.717) is 5.02 Å².